The van der Waals surface area contributed by atoms with Crippen molar-refractivity contribution in [3.05, 3.63) is 10.4 Å². The topological polar surface area (TPSA) is 107 Å². The molecule has 0 fully saturated rings. The molecule has 5 N–H and O–H groups in total. The van der Waals surface area contributed by atoms with Crippen LogP contribution in [0.25, 0.3) is 0 Å². The summed E-state index contributed by atoms with van der Waals surface area (Å²) in [5, 5.41) is 3.26. The summed E-state index contributed by atoms with van der Waals surface area (Å²) in [7, 11) is 1.62. The first-order valence-electron chi connectivity index (χ1n) is 4.59. The Kier molecular flexibility index (Phi) is 3.73. The minimum absolute atomic E-state index is 0.0697. The maximum absolute atomic E-state index is 11.6. The van der Waals surface area contributed by atoms with Crippen molar-refractivity contribution in [2.24, 2.45) is 5.73 Å². The molecule has 0 aliphatic carbocycles. The van der Waals surface area contributed by atoms with Gasteiger partial charge in [-0.3, -0.25) is 4.79 Å². The number of carbonyl (C=O) groups excluding carboxylic acids is 2. The number of ether oxygens (including phenoxy) is 1. The monoisotopic (exact) mass is 243 g/mol. The predicted octanol–water partition coefficient (Wildman–Crippen LogP) is 0.648. The Hall–Kier alpha value is -1.76. The molecule has 0 aliphatic rings. The number of hydrogen-bond donors (Lipinski definition) is 3. The first kappa shape index (κ1) is 12.3. The predicted molar refractivity (Wildman–Crippen MR) is 62.8 cm³/mol. The lowest BCUT2D eigenvalue weighted by atomic mass is 10.2. The van der Waals surface area contributed by atoms with E-state index < -0.39 is 11.9 Å². The van der Waals surface area contributed by atoms with E-state index in [1.165, 1.54) is 0 Å². The number of amides is 1. The highest BCUT2D eigenvalue weighted by Crippen LogP contribution is 2.35. The minimum atomic E-state index is -0.658. The van der Waals surface area contributed by atoms with Gasteiger partial charge in [0.05, 0.1) is 12.3 Å². The Morgan fingerprint density at radius 1 is 1.50 bits per heavy atom. The average Bonchev–Trinajstić information content (AvgIpc) is 2.55. The van der Waals surface area contributed by atoms with Crippen LogP contribution in [-0.4, -0.2) is 25.5 Å². The van der Waals surface area contributed by atoms with Gasteiger partial charge in [0.25, 0.3) is 5.91 Å². The van der Waals surface area contributed by atoms with Gasteiger partial charge in [-0.25, -0.2) is 4.79 Å². The molecule has 0 saturated heterocycles. The lowest BCUT2D eigenvalue weighted by Gasteiger charge is -2.03. The van der Waals surface area contributed by atoms with Gasteiger partial charge in [-0.1, -0.05) is 0 Å². The van der Waals surface area contributed by atoms with Gasteiger partial charge >= 0.3 is 5.97 Å². The molecule has 1 heterocycles. The number of primary amides is 1. The molecule has 0 unspecified atom stereocenters. The number of nitrogens with two attached hydrogens (primary N) is 2. The first-order chi connectivity index (χ1) is 7.52. The summed E-state index contributed by atoms with van der Waals surface area (Å²) in [5.74, 6) is -1.22. The number of rotatable bonds is 4. The van der Waals surface area contributed by atoms with Crippen molar-refractivity contribution in [3.63, 3.8) is 0 Å². The smallest absolute Gasteiger partial charge is 0.343 e. The van der Waals surface area contributed by atoms with E-state index in [0.29, 0.717) is 5.00 Å². The summed E-state index contributed by atoms with van der Waals surface area (Å²) in [4.78, 5) is 22.8. The Bertz CT molecular complexity index is 428. The van der Waals surface area contributed by atoms with Crippen molar-refractivity contribution in [3.8, 4) is 0 Å². The van der Waals surface area contributed by atoms with Crippen molar-refractivity contribution < 1.29 is 14.3 Å². The average molecular weight is 243 g/mol. The van der Waals surface area contributed by atoms with Crippen LogP contribution < -0.4 is 16.8 Å². The Labute approximate surface area is 96.6 Å². The molecular formula is C9H13N3O3S. The molecule has 1 amide bonds. The maximum Gasteiger partial charge on any atom is 0.343 e. The quantitative estimate of drug-likeness (QED) is 0.673. The standard InChI is InChI=1S/C9H13N3O3S/c1-3-15-9(14)4-5(10)6(7(11)13)16-8(4)12-2/h12H,3,10H2,1-2H3,(H2,11,13). The molecule has 0 aromatic carbocycles. The molecule has 88 valence electrons. The van der Waals surface area contributed by atoms with Gasteiger partial charge in [0.15, 0.2) is 0 Å². The van der Waals surface area contributed by atoms with Crippen LogP contribution >= 0.6 is 11.3 Å². The van der Waals surface area contributed by atoms with Gasteiger partial charge in [0.1, 0.15) is 15.4 Å². The largest absolute Gasteiger partial charge is 0.462 e. The highest BCUT2D eigenvalue weighted by atomic mass is 32.1. The lowest BCUT2D eigenvalue weighted by Crippen LogP contribution is -2.13. The van der Waals surface area contributed by atoms with E-state index in [2.05, 4.69) is 5.32 Å². The zero-order valence-electron chi connectivity index (χ0n) is 8.99. The van der Waals surface area contributed by atoms with Crippen LogP contribution in [-0.2, 0) is 4.74 Å². The van der Waals surface area contributed by atoms with Crippen LogP contribution in [0.15, 0.2) is 0 Å². The van der Waals surface area contributed by atoms with Crippen LogP contribution in [0.2, 0.25) is 0 Å². The van der Waals surface area contributed by atoms with Crippen molar-refractivity contribution in [1.29, 1.82) is 0 Å². The third-order valence-electron chi connectivity index (χ3n) is 1.88. The van der Waals surface area contributed by atoms with Crippen LogP contribution in [0.1, 0.15) is 27.0 Å². The number of nitrogen functional groups attached to an aromatic ring is 1. The number of anilines is 2. The van der Waals surface area contributed by atoms with E-state index in [0.717, 1.165) is 11.3 Å². The number of thiophene rings is 1. The summed E-state index contributed by atoms with van der Waals surface area (Å²) in [6.45, 7) is 1.93. The molecule has 0 bridgehead atoms. The van der Waals surface area contributed by atoms with Crippen molar-refractivity contribution in [2.75, 3.05) is 24.7 Å². The third kappa shape index (κ3) is 2.08. The number of hydrogen-bond acceptors (Lipinski definition) is 6. The van der Waals surface area contributed by atoms with E-state index in [9.17, 15) is 9.59 Å². The van der Waals surface area contributed by atoms with Gasteiger partial charge in [-0.05, 0) is 6.92 Å². The number of esters is 1. The summed E-state index contributed by atoms with van der Waals surface area (Å²) in [6, 6.07) is 0. The zero-order valence-corrected chi connectivity index (χ0v) is 9.81. The Balaban J connectivity index is 3.25. The normalized spacial score (nSPS) is 9.88. The van der Waals surface area contributed by atoms with Crippen LogP contribution in [0, 0.1) is 0 Å². The zero-order chi connectivity index (χ0) is 12.3. The minimum Gasteiger partial charge on any atom is -0.462 e. The molecule has 1 aromatic rings. The van der Waals surface area contributed by atoms with Crippen LogP contribution in [0.4, 0.5) is 10.7 Å². The van der Waals surface area contributed by atoms with Gasteiger partial charge in [0, 0.05) is 7.05 Å². The van der Waals surface area contributed by atoms with Crippen molar-refractivity contribution >= 4 is 33.9 Å². The van der Waals surface area contributed by atoms with Gasteiger partial charge < -0.3 is 21.5 Å². The molecule has 7 heteroatoms. The summed E-state index contributed by atoms with van der Waals surface area (Å²) < 4.78 is 4.84. The number of nitrogens with one attached hydrogen (secondary N) is 1. The maximum atomic E-state index is 11.6. The summed E-state index contributed by atoms with van der Waals surface area (Å²) in [5.41, 5.74) is 11.1. The van der Waals surface area contributed by atoms with Gasteiger partial charge in [0.2, 0.25) is 0 Å². The van der Waals surface area contributed by atoms with Crippen molar-refractivity contribution in [1.82, 2.24) is 0 Å². The van der Waals surface area contributed by atoms with Crippen molar-refractivity contribution in [2.45, 2.75) is 6.92 Å². The second-order valence-electron chi connectivity index (χ2n) is 2.88. The van der Waals surface area contributed by atoms with E-state index in [-0.39, 0.29) is 22.7 Å². The molecule has 0 atom stereocenters. The van der Waals surface area contributed by atoms with Gasteiger partial charge in [-0.2, -0.15) is 0 Å². The van der Waals surface area contributed by atoms with E-state index in [1.54, 1.807) is 14.0 Å². The van der Waals surface area contributed by atoms with Crippen LogP contribution in [0.3, 0.4) is 0 Å². The molecular weight excluding hydrogens is 230 g/mol. The molecule has 0 aliphatic heterocycles. The third-order valence-corrected chi connectivity index (χ3v) is 3.11. The fourth-order valence-corrected chi connectivity index (χ4v) is 2.12. The molecule has 0 spiro atoms. The molecule has 1 rings (SSSR count). The van der Waals surface area contributed by atoms with E-state index in [4.69, 9.17) is 16.2 Å². The Morgan fingerprint density at radius 2 is 2.12 bits per heavy atom. The molecule has 6 nitrogen and oxygen atoms in total. The fourth-order valence-electron chi connectivity index (χ4n) is 1.21. The summed E-state index contributed by atoms with van der Waals surface area (Å²) in [6.07, 6.45) is 0. The summed E-state index contributed by atoms with van der Waals surface area (Å²) >= 11 is 1.04. The fraction of sp³-hybridized carbons (Fsp3) is 0.333. The highest BCUT2D eigenvalue weighted by molar-refractivity contribution is 7.19. The molecule has 16 heavy (non-hydrogen) atoms. The second kappa shape index (κ2) is 4.84. The molecule has 1 aromatic heterocycles. The van der Waals surface area contributed by atoms with E-state index in [1.807, 2.05) is 0 Å². The second-order valence-corrected chi connectivity index (χ2v) is 3.90. The first-order valence-corrected chi connectivity index (χ1v) is 5.41. The SMILES string of the molecule is CCOC(=O)c1c(NC)sc(C(N)=O)c1N. The lowest BCUT2D eigenvalue weighted by molar-refractivity contribution is 0.0529. The highest BCUT2D eigenvalue weighted by Gasteiger charge is 2.24. The Morgan fingerprint density at radius 3 is 2.56 bits per heavy atom. The van der Waals surface area contributed by atoms with Crippen LogP contribution in [0.5, 0.6) is 0 Å². The number of carbonyl (C=O) groups is 2. The van der Waals surface area contributed by atoms with E-state index >= 15 is 0 Å². The van der Waals surface area contributed by atoms with Gasteiger partial charge in [-0.15, -0.1) is 11.3 Å². The molecule has 0 radical (unpaired) electrons. The molecule has 0 saturated carbocycles.